The highest BCUT2D eigenvalue weighted by atomic mass is 35.5. The number of thioether (sulfide) groups is 1. The molecule has 5 heteroatoms. The molecule has 2 nitrogen and oxygen atoms in total. The molecule has 0 aliphatic rings. The summed E-state index contributed by atoms with van der Waals surface area (Å²) in [4.78, 5) is 11.7. The predicted octanol–water partition coefficient (Wildman–Crippen LogP) is 4.91. The van der Waals surface area contributed by atoms with Crippen LogP contribution in [0.4, 0.5) is 0 Å². The van der Waals surface area contributed by atoms with Crippen molar-refractivity contribution in [2.24, 2.45) is 0 Å². The van der Waals surface area contributed by atoms with Crippen LogP contribution in [0.5, 0.6) is 0 Å². The van der Waals surface area contributed by atoms with E-state index in [9.17, 15) is 4.79 Å². The third kappa shape index (κ3) is 4.44. The summed E-state index contributed by atoms with van der Waals surface area (Å²) in [5.74, 6) is -0.103. The molecular weight excluding hydrogens is 315 g/mol. The lowest BCUT2D eigenvalue weighted by Crippen LogP contribution is -1.99. The normalized spacial score (nSPS) is 10.5. The molecule has 20 heavy (non-hydrogen) atoms. The van der Waals surface area contributed by atoms with Gasteiger partial charge >= 0.3 is 5.97 Å². The minimum atomic E-state index is -0.823. The summed E-state index contributed by atoms with van der Waals surface area (Å²) >= 11 is 13.7. The average molecular weight is 327 g/mol. The summed E-state index contributed by atoms with van der Waals surface area (Å²) in [5.41, 5.74) is 1.78. The lowest BCUT2D eigenvalue weighted by molar-refractivity contribution is -0.136. The second-order valence-electron chi connectivity index (χ2n) is 4.24. The van der Waals surface area contributed by atoms with Crippen molar-refractivity contribution in [3.8, 4) is 0 Å². The highest BCUT2D eigenvalue weighted by Gasteiger charge is 2.04. The van der Waals surface area contributed by atoms with Gasteiger partial charge in [0.25, 0.3) is 0 Å². The number of hydrogen-bond acceptors (Lipinski definition) is 2. The van der Waals surface area contributed by atoms with E-state index in [1.807, 2.05) is 30.3 Å². The summed E-state index contributed by atoms with van der Waals surface area (Å²) < 4.78 is 0. The fourth-order valence-electron chi connectivity index (χ4n) is 1.69. The molecule has 104 valence electrons. The maximum Gasteiger partial charge on any atom is 0.307 e. The van der Waals surface area contributed by atoms with Crippen molar-refractivity contribution in [3.05, 3.63) is 63.6 Å². The Hall–Kier alpha value is -1.16. The Morgan fingerprint density at radius 2 is 1.80 bits per heavy atom. The number of carboxylic acids is 1. The zero-order chi connectivity index (χ0) is 14.5. The largest absolute Gasteiger partial charge is 0.481 e. The summed E-state index contributed by atoms with van der Waals surface area (Å²) in [6, 6.07) is 12.9. The number of hydrogen-bond donors (Lipinski definition) is 1. The van der Waals surface area contributed by atoms with E-state index < -0.39 is 5.97 Å². The zero-order valence-corrected chi connectivity index (χ0v) is 12.8. The second kappa shape index (κ2) is 7.02. The van der Waals surface area contributed by atoms with Crippen LogP contribution in [0, 0.1) is 0 Å². The third-order valence-corrected chi connectivity index (χ3v) is 4.35. The molecule has 0 heterocycles. The van der Waals surface area contributed by atoms with Crippen molar-refractivity contribution in [2.75, 3.05) is 0 Å². The van der Waals surface area contributed by atoms with Gasteiger partial charge in [-0.1, -0.05) is 35.3 Å². The number of aliphatic carboxylic acids is 1. The maximum absolute atomic E-state index is 10.6. The molecule has 0 aromatic heterocycles. The molecule has 0 amide bonds. The molecular formula is C15H12Cl2O2S. The summed E-state index contributed by atoms with van der Waals surface area (Å²) in [5, 5.41) is 10.1. The average Bonchev–Trinajstić information content (AvgIpc) is 2.41. The Labute approximate surface area is 131 Å². The highest BCUT2D eigenvalue weighted by Crippen LogP contribution is 2.28. The van der Waals surface area contributed by atoms with Crippen molar-refractivity contribution in [1.29, 1.82) is 0 Å². The second-order valence-corrected chi connectivity index (χ2v) is 6.13. The van der Waals surface area contributed by atoms with E-state index in [-0.39, 0.29) is 6.42 Å². The smallest absolute Gasteiger partial charge is 0.307 e. The van der Waals surface area contributed by atoms with Gasteiger partial charge in [-0.25, -0.2) is 0 Å². The van der Waals surface area contributed by atoms with Crippen molar-refractivity contribution >= 4 is 40.9 Å². The molecule has 0 fully saturated rings. The van der Waals surface area contributed by atoms with Crippen LogP contribution in [-0.2, 0) is 17.0 Å². The molecule has 0 saturated heterocycles. The Kier molecular flexibility index (Phi) is 5.35. The molecule has 0 bridgehead atoms. The van der Waals surface area contributed by atoms with Crippen LogP contribution < -0.4 is 0 Å². The van der Waals surface area contributed by atoms with Crippen LogP contribution in [-0.4, -0.2) is 11.1 Å². The van der Waals surface area contributed by atoms with Gasteiger partial charge < -0.3 is 5.11 Å². The Bertz CT molecular complexity index is 612. The summed E-state index contributed by atoms with van der Waals surface area (Å²) in [6.45, 7) is 0. The molecule has 1 N–H and O–H groups in total. The van der Waals surface area contributed by atoms with Crippen molar-refractivity contribution in [3.63, 3.8) is 0 Å². The molecule has 0 saturated carbocycles. The first-order valence-electron chi connectivity index (χ1n) is 5.92. The zero-order valence-electron chi connectivity index (χ0n) is 10.5. The molecule has 0 aliphatic carbocycles. The van der Waals surface area contributed by atoms with Gasteiger partial charge in [-0.05, 0) is 41.5 Å². The van der Waals surface area contributed by atoms with E-state index in [2.05, 4.69) is 0 Å². The highest BCUT2D eigenvalue weighted by molar-refractivity contribution is 7.98. The van der Waals surface area contributed by atoms with Gasteiger partial charge in [0.2, 0.25) is 0 Å². The van der Waals surface area contributed by atoms with Crippen molar-refractivity contribution < 1.29 is 9.90 Å². The van der Waals surface area contributed by atoms with Crippen LogP contribution in [0.15, 0.2) is 47.4 Å². The lowest BCUT2D eigenvalue weighted by Gasteiger charge is -2.06. The summed E-state index contributed by atoms with van der Waals surface area (Å²) in [7, 11) is 0. The molecule has 0 radical (unpaired) electrons. The van der Waals surface area contributed by atoms with Gasteiger partial charge in [-0.2, -0.15) is 0 Å². The molecule has 0 atom stereocenters. The number of carboxylic acid groups (broad SMARTS) is 1. The molecule has 2 aromatic rings. The Morgan fingerprint density at radius 1 is 1.10 bits per heavy atom. The van der Waals surface area contributed by atoms with E-state index in [0.717, 1.165) is 21.8 Å². The lowest BCUT2D eigenvalue weighted by atomic mass is 10.2. The monoisotopic (exact) mass is 326 g/mol. The van der Waals surface area contributed by atoms with Gasteiger partial charge in [0.05, 0.1) is 6.42 Å². The third-order valence-electron chi connectivity index (χ3n) is 2.68. The Balaban J connectivity index is 2.00. The number of carbonyl (C=O) groups is 1. The number of rotatable bonds is 5. The van der Waals surface area contributed by atoms with Gasteiger partial charge in [0.1, 0.15) is 0 Å². The Morgan fingerprint density at radius 3 is 2.45 bits per heavy atom. The van der Waals surface area contributed by atoms with Crippen LogP contribution >= 0.6 is 35.0 Å². The van der Waals surface area contributed by atoms with Gasteiger partial charge in [-0.15, -0.1) is 11.8 Å². The van der Waals surface area contributed by atoms with Gasteiger partial charge in [-0.3, -0.25) is 4.79 Å². The van der Waals surface area contributed by atoms with Crippen LogP contribution in [0.2, 0.25) is 10.0 Å². The quantitative estimate of drug-likeness (QED) is 0.793. The van der Waals surface area contributed by atoms with Crippen molar-refractivity contribution in [1.82, 2.24) is 0 Å². The summed E-state index contributed by atoms with van der Waals surface area (Å²) in [6.07, 6.45) is 0.0467. The molecule has 2 rings (SSSR count). The first-order valence-corrected chi connectivity index (χ1v) is 7.66. The van der Waals surface area contributed by atoms with E-state index >= 15 is 0 Å². The van der Waals surface area contributed by atoms with Gasteiger partial charge in [0.15, 0.2) is 0 Å². The first kappa shape index (κ1) is 15.2. The van der Waals surface area contributed by atoms with Gasteiger partial charge in [0, 0.05) is 20.7 Å². The van der Waals surface area contributed by atoms with E-state index in [1.165, 1.54) is 0 Å². The van der Waals surface area contributed by atoms with E-state index in [0.29, 0.717) is 10.0 Å². The number of halogens is 2. The fraction of sp³-hybridized carbons (Fsp3) is 0.133. The molecule has 0 aliphatic heterocycles. The topological polar surface area (TPSA) is 37.3 Å². The predicted molar refractivity (Wildman–Crippen MR) is 83.8 cm³/mol. The van der Waals surface area contributed by atoms with Crippen LogP contribution in [0.25, 0.3) is 0 Å². The minimum absolute atomic E-state index is 0.0467. The standard InChI is InChI=1S/C15H12Cl2O2S/c16-12-3-6-14(17)11(8-12)9-20-13-4-1-10(2-5-13)7-15(18)19/h1-6,8H,7,9H2,(H,18,19). The number of benzene rings is 2. The van der Waals surface area contributed by atoms with E-state index in [1.54, 1.807) is 23.9 Å². The molecule has 0 spiro atoms. The molecule has 2 aromatic carbocycles. The van der Waals surface area contributed by atoms with Crippen LogP contribution in [0.1, 0.15) is 11.1 Å². The maximum atomic E-state index is 10.6. The molecule has 0 unspecified atom stereocenters. The van der Waals surface area contributed by atoms with Crippen molar-refractivity contribution in [2.45, 2.75) is 17.1 Å². The first-order chi connectivity index (χ1) is 9.54. The van der Waals surface area contributed by atoms with Crippen LogP contribution in [0.3, 0.4) is 0 Å². The fourth-order valence-corrected chi connectivity index (χ4v) is 3.04. The van der Waals surface area contributed by atoms with E-state index in [4.69, 9.17) is 28.3 Å². The minimum Gasteiger partial charge on any atom is -0.481 e. The SMILES string of the molecule is O=C(O)Cc1ccc(SCc2cc(Cl)ccc2Cl)cc1.